The number of hydrazine groups is 1. The summed E-state index contributed by atoms with van der Waals surface area (Å²) >= 11 is 3.33. The van der Waals surface area contributed by atoms with Gasteiger partial charge in [0.25, 0.3) is 0 Å². The maximum atomic E-state index is 5.76. The van der Waals surface area contributed by atoms with Crippen molar-refractivity contribution in [3.05, 3.63) is 22.1 Å². The molecule has 96 valence electrons. The van der Waals surface area contributed by atoms with E-state index in [0.717, 1.165) is 11.4 Å². The van der Waals surface area contributed by atoms with E-state index in [1.54, 1.807) is 10.9 Å². The zero-order chi connectivity index (χ0) is 13.3. The summed E-state index contributed by atoms with van der Waals surface area (Å²) in [5, 5.41) is 4.27. The first-order valence-corrected chi connectivity index (χ1v) is 5.99. The largest absolute Gasteiger partial charge is 0.434 e. The number of rotatable bonds is 3. The average molecular weight is 313 g/mol. The van der Waals surface area contributed by atoms with Gasteiger partial charge in [-0.25, -0.2) is 10.8 Å². The van der Waals surface area contributed by atoms with Crippen LogP contribution in [-0.2, 0) is 7.05 Å². The maximum Gasteiger partial charge on any atom is 0.240 e. The Morgan fingerprint density at radius 3 is 2.72 bits per heavy atom. The van der Waals surface area contributed by atoms with Crippen molar-refractivity contribution >= 4 is 21.9 Å². The zero-order valence-electron chi connectivity index (χ0n) is 10.2. The molecule has 0 aliphatic carbocycles. The SMILES string of the molecule is Cc1nn(C)c(C)c1Oc1nc(NN)ncc1Br. The van der Waals surface area contributed by atoms with Gasteiger partial charge >= 0.3 is 0 Å². The first-order chi connectivity index (χ1) is 8.52. The lowest BCUT2D eigenvalue weighted by molar-refractivity contribution is 0.451. The standard InChI is InChI=1S/C10H13BrN6O/c1-5-8(6(2)17(3)16-5)18-9-7(11)4-13-10(14-9)15-12/h4H,12H2,1-3H3,(H,13,14,15). The fourth-order valence-corrected chi connectivity index (χ4v) is 1.76. The Balaban J connectivity index is 2.39. The van der Waals surface area contributed by atoms with Crippen molar-refractivity contribution < 1.29 is 4.74 Å². The van der Waals surface area contributed by atoms with Gasteiger partial charge in [-0.3, -0.25) is 10.1 Å². The summed E-state index contributed by atoms with van der Waals surface area (Å²) in [5.74, 6) is 6.62. The highest BCUT2D eigenvalue weighted by molar-refractivity contribution is 9.10. The number of aromatic nitrogens is 4. The van der Waals surface area contributed by atoms with Crippen LogP contribution in [0.1, 0.15) is 11.4 Å². The van der Waals surface area contributed by atoms with E-state index >= 15 is 0 Å². The number of nitrogens with zero attached hydrogens (tertiary/aromatic N) is 4. The second-order valence-corrected chi connectivity index (χ2v) is 4.57. The molecule has 0 bridgehead atoms. The van der Waals surface area contributed by atoms with Crippen molar-refractivity contribution in [2.45, 2.75) is 13.8 Å². The molecule has 2 aromatic rings. The first kappa shape index (κ1) is 12.8. The molecule has 8 heteroatoms. The zero-order valence-corrected chi connectivity index (χ0v) is 11.8. The number of hydrogen-bond donors (Lipinski definition) is 2. The van der Waals surface area contributed by atoms with Crippen LogP contribution in [0.5, 0.6) is 11.6 Å². The molecule has 0 fully saturated rings. The van der Waals surface area contributed by atoms with Gasteiger partial charge in [0.05, 0.1) is 16.4 Å². The Bertz CT molecular complexity index is 582. The Hall–Kier alpha value is -1.67. The number of ether oxygens (including phenoxy) is 1. The first-order valence-electron chi connectivity index (χ1n) is 5.20. The molecule has 0 radical (unpaired) electrons. The summed E-state index contributed by atoms with van der Waals surface area (Å²) in [5.41, 5.74) is 4.08. The molecule has 0 unspecified atom stereocenters. The van der Waals surface area contributed by atoms with Gasteiger partial charge in [0.15, 0.2) is 5.75 Å². The van der Waals surface area contributed by atoms with Crippen LogP contribution < -0.4 is 16.0 Å². The second kappa shape index (κ2) is 4.91. The molecule has 2 aromatic heterocycles. The van der Waals surface area contributed by atoms with Crippen LogP contribution in [0.15, 0.2) is 10.7 Å². The number of anilines is 1. The Morgan fingerprint density at radius 2 is 2.17 bits per heavy atom. The maximum absolute atomic E-state index is 5.76. The molecule has 7 nitrogen and oxygen atoms in total. The molecular formula is C10H13BrN6O. The van der Waals surface area contributed by atoms with Crippen molar-refractivity contribution in [2.24, 2.45) is 12.9 Å². The summed E-state index contributed by atoms with van der Waals surface area (Å²) in [7, 11) is 1.86. The lowest BCUT2D eigenvalue weighted by atomic mass is 10.3. The van der Waals surface area contributed by atoms with Crippen LogP contribution in [0.2, 0.25) is 0 Å². The fourth-order valence-electron chi connectivity index (χ4n) is 1.49. The Morgan fingerprint density at radius 1 is 1.44 bits per heavy atom. The number of aryl methyl sites for hydroxylation is 2. The van der Waals surface area contributed by atoms with Gasteiger partial charge in [-0.15, -0.1) is 0 Å². The van der Waals surface area contributed by atoms with Gasteiger partial charge in [-0.05, 0) is 29.8 Å². The molecule has 0 aliphatic heterocycles. The number of nitrogens with one attached hydrogen (secondary N) is 1. The fraction of sp³-hybridized carbons (Fsp3) is 0.300. The third kappa shape index (κ3) is 2.29. The van der Waals surface area contributed by atoms with Crippen LogP contribution in [0, 0.1) is 13.8 Å². The highest BCUT2D eigenvalue weighted by atomic mass is 79.9. The number of hydrogen-bond acceptors (Lipinski definition) is 6. The second-order valence-electron chi connectivity index (χ2n) is 3.72. The van der Waals surface area contributed by atoms with Gasteiger partial charge in [0.2, 0.25) is 11.8 Å². The third-order valence-corrected chi connectivity index (χ3v) is 3.03. The molecule has 0 aliphatic rings. The quantitative estimate of drug-likeness (QED) is 0.661. The van der Waals surface area contributed by atoms with Crippen molar-refractivity contribution in [3.8, 4) is 11.6 Å². The minimum absolute atomic E-state index is 0.285. The van der Waals surface area contributed by atoms with E-state index in [-0.39, 0.29) is 5.95 Å². The van der Waals surface area contributed by atoms with Crippen molar-refractivity contribution in [1.82, 2.24) is 19.7 Å². The van der Waals surface area contributed by atoms with Crippen LogP contribution in [0.25, 0.3) is 0 Å². The molecule has 2 rings (SSSR count). The number of nitrogen functional groups attached to an aromatic ring is 1. The molecule has 0 aromatic carbocycles. The van der Waals surface area contributed by atoms with Crippen LogP contribution in [-0.4, -0.2) is 19.7 Å². The Kier molecular flexibility index (Phi) is 3.48. The molecule has 3 N–H and O–H groups in total. The number of halogens is 1. The van der Waals surface area contributed by atoms with E-state index in [9.17, 15) is 0 Å². The molecule has 0 saturated carbocycles. The van der Waals surface area contributed by atoms with Crippen LogP contribution in [0.3, 0.4) is 0 Å². The number of nitrogens with two attached hydrogens (primary N) is 1. The Labute approximate surface area is 112 Å². The van der Waals surface area contributed by atoms with E-state index in [1.807, 2.05) is 20.9 Å². The van der Waals surface area contributed by atoms with Crippen LogP contribution in [0.4, 0.5) is 5.95 Å². The molecule has 0 amide bonds. The molecule has 0 atom stereocenters. The van der Waals surface area contributed by atoms with Crippen molar-refractivity contribution in [1.29, 1.82) is 0 Å². The predicted molar refractivity (Wildman–Crippen MR) is 70.3 cm³/mol. The average Bonchev–Trinajstić information content (AvgIpc) is 2.58. The topological polar surface area (TPSA) is 90.9 Å². The van der Waals surface area contributed by atoms with E-state index in [1.165, 1.54) is 0 Å². The monoisotopic (exact) mass is 312 g/mol. The summed E-state index contributed by atoms with van der Waals surface area (Å²) in [6.07, 6.45) is 1.57. The van der Waals surface area contributed by atoms with Gasteiger partial charge in [0, 0.05) is 7.05 Å². The summed E-state index contributed by atoms with van der Waals surface area (Å²) in [6.45, 7) is 3.80. The molecular weight excluding hydrogens is 300 g/mol. The summed E-state index contributed by atoms with van der Waals surface area (Å²) in [4.78, 5) is 8.08. The predicted octanol–water partition coefficient (Wildman–Crippen LogP) is 1.67. The summed E-state index contributed by atoms with van der Waals surface area (Å²) < 4.78 is 8.15. The van der Waals surface area contributed by atoms with Gasteiger partial charge in [0.1, 0.15) is 5.69 Å². The molecule has 18 heavy (non-hydrogen) atoms. The van der Waals surface area contributed by atoms with Gasteiger partial charge < -0.3 is 4.74 Å². The summed E-state index contributed by atoms with van der Waals surface area (Å²) in [6, 6.07) is 0. The molecule has 0 saturated heterocycles. The third-order valence-electron chi connectivity index (χ3n) is 2.48. The normalized spacial score (nSPS) is 10.5. The highest BCUT2D eigenvalue weighted by Crippen LogP contribution is 2.31. The molecule has 0 spiro atoms. The lowest BCUT2D eigenvalue weighted by Crippen LogP contribution is -2.10. The highest BCUT2D eigenvalue weighted by Gasteiger charge is 2.14. The van der Waals surface area contributed by atoms with E-state index in [4.69, 9.17) is 10.6 Å². The van der Waals surface area contributed by atoms with Crippen LogP contribution >= 0.6 is 15.9 Å². The van der Waals surface area contributed by atoms with Gasteiger partial charge in [-0.1, -0.05) is 0 Å². The van der Waals surface area contributed by atoms with E-state index in [0.29, 0.717) is 16.1 Å². The van der Waals surface area contributed by atoms with E-state index < -0.39 is 0 Å². The minimum atomic E-state index is 0.285. The lowest BCUT2D eigenvalue weighted by Gasteiger charge is -2.07. The van der Waals surface area contributed by atoms with Gasteiger partial charge in [-0.2, -0.15) is 10.1 Å². The molecule has 2 heterocycles. The minimum Gasteiger partial charge on any atom is -0.434 e. The van der Waals surface area contributed by atoms with E-state index in [2.05, 4.69) is 36.4 Å². The van der Waals surface area contributed by atoms with Crippen molar-refractivity contribution in [3.63, 3.8) is 0 Å². The smallest absolute Gasteiger partial charge is 0.240 e. The van der Waals surface area contributed by atoms with Crippen molar-refractivity contribution in [2.75, 3.05) is 5.43 Å².